The number of benzene rings is 2. The lowest BCUT2D eigenvalue weighted by atomic mass is 10.1. The van der Waals surface area contributed by atoms with Crippen LogP contribution in [0.3, 0.4) is 0 Å². The fourth-order valence-electron chi connectivity index (χ4n) is 2.24. The molecule has 0 atom stereocenters. The Labute approximate surface area is 142 Å². The molecule has 0 bridgehead atoms. The van der Waals surface area contributed by atoms with Crippen molar-refractivity contribution in [1.29, 1.82) is 0 Å². The van der Waals surface area contributed by atoms with Gasteiger partial charge in [-0.15, -0.1) is 5.10 Å². The van der Waals surface area contributed by atoms with Crippen molar-refractivity contribution in [2.24, 2.45) is 0 Å². The molecule has 24 heavy (non-hydrogen) atoms. The van der Waals surface area contributed by atoms with Crippen LogP contribution in [0.5, 0.6) is 5.75 Å². The average molecular weight is 343 g/mol. The highest BCUT2D eigenvalue weighted by Gasteiger charge is 2.18. The molecule has 0 aliphatic carbocycles. The first kappa shape index (κ1) is 16.1. The van der Waals surface area contributed by atoms with Crippen molar-refractivity contribution >= 4 is 17.4 Å². The van der Waals surface area contributed by atoms with E-state index in [-0.39, 0.29) is 11.7 Å². The predicted molar refractivity (Wildman–Crippen MR) is 89.5 cm³/mol. The first-order chi connectivity index (χ1) is 11.7. The van der Waals surface area contributed by atoms with E-state index in [1.807, 2.05) is 24.3 Å². The summed E-state index contributed by atoms with van der Waals surface area (Å²) in [7, 11) is 1.58. The summed E-state index contributed by atoms with van der Waals surface area (Å²) in [5.41, 5.74) is 1.96. The van der Waals surface area contributed by atoms with E-state index in [0.717, 1.165) is 17.1 Å². The van der Waals surface area contributed by atoms with E-state index in [2.05, 4.69) is 14.9 Å². The number of methoxy groups -OCH3 is 1. The molecule has 1 heterocycles. The number of hydrogen-bond donors (Lipinski definition) is 1. The molecule has 5 nitrogen and oxygen atoms in total. The molecule has 1 amide bonds. The van der Waals surface area contributed by atoms with Crippen molar-refractivity contribution in [2.45, 2.75) is 6.54 Å². The number of nitrogens with zero attached hydrogens (tertiary/aromatic N) is 2. The lowest BCUT2D eigenvalue weighted by Crippen LogP contribution is -2.22. The van der Waals surface area contributed by atoms with Gasteiger partial charge in [0.1, 0.15) is 22.1 Å². The van der Waals surface area contributed by atoms with Gasteiger partial charge in [0.2, 0.25) is 0 Å². The number of halogens is 1. The van der Waals surface area contributed by atoms with Gasteiger partial charge in [0.25, 0.3) is 5.91 Å². The summed E-state index contributed by atoms with van der Waals surface area (Å²) in [5, 5.41) is 6.82. The van der Waals surface area contributed by atoms with E-state index < -0.39 is 0 Å². The lowest BCUT2D eigenvalue weighted by Gasteiger charge is -2.09. The van der Waals surface area contributed by atoms with Crippen LogP contribution in [0.2, 0.25) is 0 Å². The summed E-state index contributed by atoms with van der Waals surface area (Å²) in [6.45, 7) is 0.323. The highest BCUT2D eigenvalue weighted by atomic mass is 32.1. The summed E-state index contributed by atoms with van der Waals surface area (Å²) in [5.74, 6) is 0.0818. The van der Waals surface area contributed by atoms with Crippen LogP contribution in [0.15, 0.2) is 48.5 Å². The Balaban J connectivity index is 1.77. The molecule has 0 radical (unpaired) electrons. The highest BCUT2D eigenvalue weighted by molar-refractivity contribution is 7.08. The molecule has 1 N–H and O–H groups in total. The van der Waals surface area contributed by atoms with Crippen molar-refractivity contribution in [2.75, 3.05) is 7.11 Å². The second kappa shape index (κ2) is 7.18. The van der Waals surface area contributed by atoms with Crippen LogP contribution in [0.1, 0.15) is 15.2 Å². The summed E-state index contributed by atoms with van der Waals surface area (Å²) in [6, 6.07) is 13.2. The van der Waals surface area contributed by atoms with E-state index in [9.17, 15) is 9.18 Å². The first-order valence-electron chi connectivity index (χ1n) is 7.17. The average Bonchev–Trinajstić information content (AvgIpc) is 3.10. The van der Waals surface area contributed by atoms with Gasteiger partial charge in [-0.05, 0) is 41.9 Å². The number of amides is 1. The van der Waals surface area contributed by atoms with Gasteiger partial charge in [0.15, 0.2) is 0 Å². The quantitative estimate of drug-likeness (QED) is 0.772. The summed E-state index contributed by atoms with van der Waals surface area (Å²) in [6.07, 6.45) is 0. The van der Waals surface area contributed by atoms with Crippen molar-refractivity contribution in [1.82, 2.24) is 14.9 Å². The molecule has 2 aromatic carbocycles. The van der Waals surface area contributed by atoms with Gasteiger partial charge in [0.05, 0.1) is 7.11 Å². The minimum absolute atomic E-state index is 0.282. The number of nitrogens with one attached hydrogen (secondary N) is 1. The Kier molecular flexibility index (Phi) is 4.81. The minimum atomic E-state index is -0.343. The third-order valence-corrected chi connectivity index (χ3v) is 4.17. The number of aromatic nitrogens is 2. The number of carbonyl (C=O) groups excluding carboxylic acids is 1. The van der Waals surface area contributed by atoms with E-state index in [1.165, 1.54) is 12.1 Å². The smallest absolute Gasteiger partial charge is 0.265 e. The molecular formula is C17H14FN3O2S. The Bertz CT molecular complexity index is 849. The molecule has 122 valence electrons. The number of rotatable bonds is 5. The van der Waals surface area contributed by atoms with Gasteiger partial charge >= 0.3 is 0 Å². The molecule has 3 rings (SSSR count). The van der Waals surface area contributed by atoms with Crippen LogP contribution in [-0.2, 0) is 6.54 Å². The number of ether oxygens (including phenoxy) is 1. The zero-order valence-electron chi connectivity index (χ0n) is 12.8. The van der Waals surface area contributed by atoms with Crippen molar-refractivity contribution in [3.05, 3.63) is 64.8 Å². The maximum Gasteiger partial charge on any atom is 0.265 e. The topological polar surface area (TPSA) is 64.1 Å². The lowest BCUT2D eigenvalue weighted by molar-refractivity contribution is 0.0955. The zero-order valence-corrected chi connectivity index (χ0v) is 13.6. The number of para-hydroxylation sites is 1. The standard InChI is InChI=1S/C17H14FN3O2S/c1-23-14-5-3-2-4-12(14)10-19-17(22)16-15(20-21-24-16)11-6-8-13(18)9-7-11/h2-9H,10H2,1H3,(H,19,22). The monoisotopic (exact) mass is 343 g/mol. The third kappa shape index (κ3) is 3.41. The fourth-order valence-corrected chi connectivity index (χ4v) is 2.85. The van der Waals surface area contributed by atoms with E-state index in [0.29, 0.717) is 28.4 Å². The van der Waals surface area contributed by atoms with Gasteiger partial charge in [0, 0.05) is 17.7 Å². The summed E-state index contributed by atoms with van der Waals surface area (Å²) < 4.78 is 22.1. The largest absolute Gasteiger partial charge is 0.496 e. The molecule has 0 spiro atoms. The van der Waals surface area contributed by atoms with Gasteiger partial charge in [-0.3, -0.25) is 4.79 Å². The second-order valence-corrected chi connectivity index (χ2v) is 5.71. The third-order valence-electron chi connectivity index (χ3n) is 3.44. The van der Waals surface area contributed by atoms with Gasteiger partial charge < -0.3 is 10.1 Å². The maximum absolute atomic E-state index is 13.0. The molecule has 0 saturated heterocycles. The molecule has 0 aliphatic rings. The Hall–Kier alpha value is -2.80. The van der Waals surface area contributed by atoms with Crippen LogP contribution < -0.4 is 10.1 Å². The molecular weight excluding hydrogens is 329 g/mol. The highest BCUT2D eigenvalue weighted by Crippen LogP contribution is 2.24. The van der Waals surface area contributed by atoms with Gasteiger partial charge in [-0.25, -0.2) is 4.39 Å². The van der Waals surface area contributed by atoms with Crippen LogP contribution in [-0.4, -0.2) is 22.6 Å². The van der Waals surface area contributed by atoms with E-state index in [1.54, 1.807) is 19.2 Å². The molecule has 0 aliphatic heterocycles. The van der Waals surface area contributed by atoms with Crippen molar-refractivity contribution in [3.63, 3.8) is 0 Å². The number of hydrogen-bond acceptors (Lipinski definition) is 5. The molecule has 0 unspecified atom stereocenters. The zero-order chi connectivity index (χ0) is 16.9. The van der Waals surface area contributed by atoms with Crippen LogP contribution in [0.25, 0.3) is 11.3 Å². The second-order valence-electron chi connectivity index (χ2n) is 4.95. The normalized spacial score (nSPS) is 10.4. The van der Waals surface area contributed by atoms with E-state index in [4.69, 9.17) is 4.74 Å². The minimum Gasteiger partial charge on any atom is -0.496 e. The van der Waals surface area contributed by atoms with Crippen molar-refractivity contribution < 1.29 is 13.9 Å². The summed E-state index contributed by atoms with van der Waals surface area (Å²) in [4.78, 5) is 12.8. The predicted octanol–water partition coefficient (Wildman–Crippen LogP) is 3.28. The summed E-state index contributed by atoms with van der Waals surface area (Å²) >= 11 is 1.00. The van der Waals surface area contributed by atoms with E-state index >= 15 is 0 Å². The first-order valence-corrected chi connectivity index (χ1v) is 7.95. The SMILES string of the molecule is COc1ccccc1CNC(=O)c1snnc1-c1ccc(F)cc1. The van der Waals surface area contributed by atoms with Crippen molar-refractivity contribution in [3.8, 4) is 17.0 Å². The Morgan fingerprint density at radius 3 is 2.71 bits per heavy atom. The van der Waals surface area contributed by atoms with Crippen LogP contribution >= 0.6 is 11.5 Å². The molecule has 7 heteroatoms. The fraction of sp³-hybridized carbons (Fsp3) is 0.118. The van der Waals surface area contributed by atoms with Gasteiger partial charge in [-0.1, -0.05) is 22.7 Å². The molecule has 0 fully saturated rings. The Morgan fingerprint density at radius 2 is 1.96 bits per heavy atom. The molecule has 3 aromatic rings. The van der Waals surface area contributed by atoms with Crippen LogP contribution in [0.4, 0.5) is 4.39 Å². The molecule has 1 aromatic heterocycles. The maximum atomic E-state index is 13.0. The van der Waals surface area contributed by atoms with Gasteiger partial charge in [-0.2, -0.15) is 0 Å². The molecule has 0 saturated carbocycles. The Morgan fingerprint density at radius 1 is 1.21 bits per heavy atom. The number of carbonyl (C=O) groups is 1. The van der Waals surface area contributed by atoms with Crippen LogP contribution in [0, 0.1) is 5.82 Å².